The van der Waals surface area contributed by atoms with Crippen LogP contribution in [0.25, 0.3) is 11.0 Å². The number of anilines is 2. The zero-order chi connectivity index (χ0) is 21.5. The van der Waals surface area contributed by atoms with E-state index >= 15 is 0 Å². The Bertz CT molecular complexity index is 1270. The van der Waals surface area contributed by atoms with Crippen LogP contribution in [0.15, 0.2) is 41.2 Å². The second-order valence-electron chi connectivity index (χ2n) is 7.21. The molecular weight excluding hydrogens is 392 g/mol. The number of nitrogens with zero attached hydrogens (tertiary/aromatic N) is 3. The normalized spacial score (nSPS) is 11.6. The van der Waals surface area contributed by atoms with Crippen molar-refractivity contribution in [2.75, 3.05) is 22.4 Å². The Morgan fingerprint density at radius 1 is 1.03 bits per heavy atom. The molecule has 0 aliphatic heterocycles. The molecule has 1 N–H and O–H groups in total. The number of rotatable bonds is 5. The maximum absolute atomic E-state index is 12.6. The Morgan fingerprint density at radius 3 is 2.34 bits per heavy atom. The molecule has 154 valence electrons. The van der Waals surface area contributed by atoms with Gasteiger partial charge in [-0.05, 0) is 49.2 Å². The quantitative estimate of drug-likeness (QED) is 0.687. The molecule has 0 radical (unpaired) electrons. The van der Waals surface area contributed by atoms with Gasteiger partial charge >= 0.3 is 5.69 Å². The van der Waals surface area contributed by atoms with Gasteiger partial charge in [0.15, 0.2) is 0 Å². The fourth-order valence-electron chi connectivity index (χ4n) is 3.28. The van der Waals surface area contributed by atoms with Crippen molar-refractivity contribution in [3.63, 3.8) is 0 Å². The molecule has 9 heteroatoms. The highest BCUT2D eigenvalue weighted by molar-refractivity contribution is 7.92. The molecule has 0 fully saturated rings. The molecule has 8 nitrogen and oxygen atoms in total. The summed E-state index contributed by atoms with van der Waals surface area (Å²) in [5, 5.41) is 2.73. The largest absolute Gasteiger partial charge is 0.328 e. The first-order valence-corrected chi connectivity index (χ1v) is 10.8. The lowest BCUT2D eigenvalue weighted by molar-refractivity contribution is -0.114. The second kappa shape index (κ2) is 7.40. The molecule has 0 saturated carbocycles. The van der Waals surface area contributed by atoms with Gasteiger partial charge in [-0.3, -0.25) is 18.2 Å². The molecule has 1 heterocycles. The lowest BCUT2D eigenvalue weighted by Crippen LogP contribution is -2.37. The standard InChI is InChI=1S/C20H24N4O4S/c1-13-6-7-14(2)17(10-13)24(29(5,27)28)12-19(25)21-15-8-9-16-18(11-15)23(4)20(26)22(16)3/h6-11H,12H2,1-5H3,(H,21,25). The van der Waals surface area contributed by atoms with Crippen LogP contribution in [-0.4, -0.2) is 36.3 Å². The highest BCUT2D eigenvalue weighted by Gasteiger charge is 2.22. The van der Waals surface area contributed by atoms with Crippen molar-refractivity contribution < 1.29 is 13.2 Å². The summed E-state index contributed by atoms with van der Waals surface area (Å²) < 4.78 is 28.8. The van der Waals surface area contributed by atoms with E-state index in [1.54, 1.807) is 45.3 Å². The van der Waals surface area contributed by atoms with Gasteiger partial charge in [0, 0.05) is 19.8 Å². The molecule has 0 unspecified atom stereocenters. The maximum Gasteiger partial charge on any atom is 0.328 e. The predicted molar refractivity (Wildman–Crippen MR) is 115 cm³/mol. The van der Waals surface area contributed by atoms with Crippen LogP contribution in [0.3, 0.4) is 0 Å². The van der Waals surface area contributed by atoms with E-state index < -0.39 is 15.9 Å². The molecule has 1 amide bonds. The number of amides is 1. The van der Waals surface area contributed by atoms with Gasteiger partial charge in [-0.1, -0.05) is 12.1 Å². The fourth-order valence-corrected chi connectivity index (χ4v) is 4.19. The zero-order valence-corrected chi connectivity index (χ0v) is 17.9. The molecule has 0 spiro atoms. The number of carbonyl (C=O) groups excluding carboxylic acids is 1. The number of hydrogen-bond acceptors (Lipinski definition) is 4. The van der Waals surface area contributed by atoms with Crippen LogP contribution in [0.1, 0.15) is 11.1 Å². The highest BCUT2D eigenvalue weighted by atomic mass is 32.2. The summed E-state index contributed by atoms with van der Waals surface area (Å²) in [7, 11) is -0.332. The lowest BCUT2D eigenvalue weighted by Gasteiger charge is -2.24. The number of fused-ring (bicyclic) bond motifs is 1. The highest BCUT2D eigenvalue weighted by Crippen LogP contribution is 2.24. The van der Waals surface area contributed by atoms with Gasteiger partial charge in [0.05, 0.1) is 23.0 Å². The van der Waals surface area contributed by atoms with Gasteiger partial charge in [-0.25, -0.2) is 13.2 Å². The van der Waals surface area contributed by atoms with E-state index in [1.807, 2.05) is 19.1 Å². The van der Waals surface area contributed by atoms with Crippen molar-refractivity contribution in [2.45, 2.75) is 13.8 Å². The van der Waals surface area contributed by atoms with Gasteiger partial charge < -0.3 is 5.32 Å². The molecule has 3 aromatic rings. The van der Waals surface area contributed by atoms with Gasteiger partial charge in [-0.2, -0.15) is 0 Å². The van der Waals surface area contributed by atoms with Crippen molar-refractivity contribution in [3.05, 3.63) is 58.0 Å². The van der Waals surface area contributed by atoms with Crippen LogP contribution in [-0.2, 0) is 28.9 Å². The Labute approximate surface area is 169 Å². The topological polar surface area (TPSA) is 93.4 Å². The van der Waals surface area contributed by atoms with E-state index in [1.165, 1.54) is 9.13 Å². The summed E-state index contributed by atoms with van der Waals surface area (Å²) in [4.78, 5) is 24.7. The third-order valence-corrected chi connectivity index (χ3v) is 6.00. The summed E-state index contributed by atoms with van der Waals surface area (Å²) in [6, 6.07) is 10.6. The summed E-state index contributed by atoms with van der Waals surface area (Å²) in [6.45, 7) is 3.31. The van der Waals surface area contributed by atoms with Crippen molar-refractivity contribution in [3.8, 4) is 0 Å². The van der Waals surface area contributed by atoms with Gasteiger partial charge in [0.1, 0.15) is 6.54 Å². The minimum atomic E-state index is -3.66. The molecule has 0 aliphatic rings. The molecule has 3 rings (SSSR count). The Balaban J connectivity index is 1.90. The van der Waals surface area contributed by atoms with Crippen LogP contribution < -0.4 is 15.3 Å². The molecule has 1 aromatic heterocycles. The minimum absolute atomic E-state index is 0.165. The molecular formula is C20H24N4O4S. The van der Waals surface area contributed by atoms with Crippen LogP contribution in [0, 0.1) is 13.8 Å². The monoisotopic (exact) mass is 416 g/mol. The van der Waals surface area contributed by atoms with E-state index in [4.69, 9.17) is 0 Å². The number of aromatic nitrogens is 2. The van der Waals surface area contributed by atoms with Crippen molar-refractivity contribution in [1.29, 1.82) is 0 Å². The third-order valence-electron chi connectivity index (χ3n) is 4.88. The predicted octanol–water partition coefficient (Wildman–Crippen LogP) is 1.90. The first kappa shape index (κ1) is 20.7. The van der Waals surface area contributed by atoms with Crippen molar-refractivity contribution in [1.82, 2.24) is 9.13 Å². The minimum Gasteiger partial charge on any atom is -0.324 e. The van der Waals surface area contributed by atoms with E-state index in [2.05, 4.69) is 5.32 Å². The van der Waals surface area contributed by atoms with E-state index in [0.717, 1.165) is 27.2 Å². The van der Waals surface area contributed by atoms with Crippen LogP contribution in [0.4, 0.5) is 11.4 Å². The average Bonchev–Trinajstić information content (AvgIpc) is 2.85. The molecule has 0 aliphatic carbocycles. The van der Waals surface area contributed by atoms with Crippen molar-refractivity contribution in [2.24, 2.45) is 14.1 Å². The van der Waals surface area contributed by atoms with Gasteiger partial charge in [-0.15, -0.1) is 0 Å². The summed E-state index contributed by atoms with van der Waals surface area (Å²) in [6.07, 6.45) is 1.08. The number of aryl methyl sites for hydroxylation is 4. The average molecular weight is 417 g/mol. The van der Waals surface area contributed by atoms with Crippen LogP contribution >= 0.6 is 0 Å². The number of benzene rings is 2. The summed E-state index contributed by atoms with van der Waals surface area (Å²) in [5.41, 5.74) is 3.86. The number of sulfonamides is 1. The van der Waals surface area contributed by atoms with Crippen molar-refractivity contribution >= 4 is 38.3 Å². The zero-order valence-electron chi connectivity index (χ0n) is 17.1. The second-order valence-corrected chi connectivity index (χ2v) is 9.12. The Hall–Kier alpha value is -3.07. The van der Waals surface area contributed by atoms with Crippen LogP contribution in [0.5, 0.6) is 0 Å². The van der Waals surface area contributed by atoms with Gasteiger partial charge in [0.25, 0.3) is 0 Å². The van der Waals surface area contributed by atoms with E-state index in [9.17, 15) is 18.0 Å². The molecule has 2 aromatic carbocycles. The lowest BCUT2D eigenvalue weighted by atomic mass is 10.1. The smallest absolute Gasteiger partial charge is 0.324 e. The Morgan fingerprint density at radius 2 is 1.69 bits per heavy atom. The first-order valence-electron chi connectivity index (χ1n) is 8.99. The summed E-state index contributed by atoms with van der Waals surface area (Å²) >= 11 is 0. The summed E-state index contributed by atoms with van der Waals surface area (Å²) in [5.74, 6) is -0.475. The molecule has 0 bridgehead atoms. The molecule has 0 saturated heterocycles. The number of carbonyl (C=O) groups is 1. The van der Waals surface area contributed by atoms with Gasteiger partial charge in [0.2, 0.25) is 15.9 Å². The van der Waals surface area contributed by atoms with E-state index in [0.29, 0.717) is 16.9 Å². The number of hydrogen-bond donors (Lipinski definition) is 1. The number of imidazole rings is 1. The third kappa shape index (κ3) is 4.04. The fraction of sp³-hybridized carbons (Fsp3) is 0.300. The molecule has 29 heavy (non-hydrogen) atoms. The molecule has 0 atom stereocenters. The Kier molecular flexibility index (Phi) is 5.27. The van der Waals surface area contributed by atoms with Crippen LogP contribution in [0.2, 0.25) is 0 Å². The van der Waals surface area contributed by atoms with E-state index in [-0.39, 0.29) is 12.2 Å². The maximum atomic E-state index is 12.6. The SMILES string of the molecule is Cc1ccc(C)c(N(CC(=O)Nc2ccc3c(c2)n(C)c(=O)n3C)S(C)(=O)=O)c1. The first-order chi connectivity index (χ1) is 13.5. The number of nitrogens with one attached hydrogen (secondary N) is 1.